The third-order valence-electron chi connectivity index (χ3n) is 2.12. The SMILES string of the molecule is COC(=O)c1nccc2cccc(Cl)c12. The van der Waals surface area contributed by atoms with Crippen molar-refractivity contribution in [2.75, 3.05) is 7.11 Å². The summed E-state index contributed by atoms with van der Waals surface area (Å²) in [6.07, 6.45) is 1.56. The number of ether oxygens (including phenoxy) is 1. The van der Waals surface area contributed by atoms with E-state index >= 15 is 0 Å². The summed E-state index contributed by atoms with van der Waals surface area (Å²) in [5, 5.41) is 2.01. The molecule has 2 aromatic rings. The van der Waals surface area contributed by atoms with Crippen LogP contribution in [0.3, 0.4) is 0 Å². The first-order valence-electron chi connectivity index (χ1n) is 4.35. The number of pyridine rings is 1. The van der Waals surface area contributed by atoms with E-state index in [2.05, 4.69) is 9.72 Å². The van der Waals surface area contributed by atoms with E-state index in [9.17, 15) is 4.79 Å². The van der Waals surface area contributed by atoms with Crippen molar-refractivity contribution in [1.82, 2.24) is 4.98 Å². The number of hydrogen-bond donors (Lipinski definition) is 0. The molecule has 0 amide bonds. The number of esters is 1. The van der Waals surface area contributed by atoms with Crippen LogP contribution in [0.1, 0.15) is 10.5 Å². The summed E-state index contributed by atoms with van der Waals surface area (Å²) in [5.74, 6) is -0.478. The van der Waals surface area contributed by atoms with Crippen LogP contribution in [-0.2, 0) is 4.74 Å². The van der Waals surface area contributed by atoms with E-state index in [0.29, 0.717) is 10.4 Å². The van der Waals surface area contributed by atoms with Crippen LogP contribution in [0.5, 0.6) is 0 Å². The van der Waals surface area contributed by atoms with E-state index in [1.807, 2.05) is 12.1 Å². The highest BCUT2D eigenvalue weighted by Crippen LogP contribution is 2.25. The highest BCUT2D eigenvalue weighted by Gasteiger charge is 2.13. The summed E-state index contributed by atoms with van der Waals surface area (Å²) in [4.78, 5) is 15.4. The zero-order valence-corrected chi connectivity index (χ0v) is 8.78. The lowest BCUT2D eigenvalue weighted by Gasteiger charge is -2.04. The molecule has 1 aromatic carbocycles. The average molecular weight is 222 g/mol. The molecule has 0 aliphatic heterocycles. The molecular weight excluding hydrogens is 214 g/mol. The lowest BCUT2D eigenvalue weighted by atomic mass is 10.1. The van der Waals surface area contributed by atoms with Gasteiger partial charge in [0.1, 0.15) is 0 Å². The molecule has 15 heavy (non-hydrogen) atoms. The zero-order chi connectivity index (χ0) is 10.8. The van der Waals surface area contributed by atoms with E-state index in [0.717, 1.165) is 5.39 Å². The minimum Gasteiger partial charge on any atom is -0.464 e. The third-order valence-corrected chi connectivity index (χ3v) is 2.43. The van der Waals surface area contributed by atoms with Crippen molar-refractivity contribution >= 4 is 28.3 Å². The minimum atomic E-state index is -0.478. The van der Waals surface area contributed by atoms with Crippen LogP contribution in [0.15, 0.2) is 30.5 Å². The Kier molecular flexibility index (Phi) is 2.56. The molecule has 1 aromatic heterocycles. The summed E-state index contributed by atoms with van der Waals surface area (Å²) in [6, 6.07) is 7.22. The third kappa shape index (κ3) is 1.66. The molecule has 0 fully saturated rings. The molecule has 0 N–H and O–H groups in total. The number of halogens is 1. The van der Waals surface area contributed by atoms with Crippen molar-refractivity contribution < 1.29 is 9.53 Å². The predicted octanol–water partition coefficient (Wildman–Crippen LogP) is 2.67. The van der Waals surface area contributed by atoms with E-state index in [1.165, 1.54) is 7.11 Å². The monoisotopic (exact) mass is 221 g/mol. The van der Waals surface area contributed by atoms with Crippen LogP contribution in [0.4, 0.5) is 0 Å². The van der Waals surface area contributed by atoms with Gasteiger partial charge in [-0.1, -0.05) is 23.7 Å². The van der Waals surface area contributed by atoms with Gasteiger partial charge < -0.3 is 4.74 Å². The van der Waals surface area contributed by atoms with Gasteiger partial charge in [0.2, 0.25) is 0 Å². The summed E-state index contributed by atoms with van der Waals surface area (Å²) in [6.45, 7) is 0. The molecule has 4 heteroatoms. The van der Waals surface area contributed by atoms with Gasteiger partial charge in [-0.25, -0.2) is 9.78 Å². The van der Waals surface area contributed by atoms with Crippen molar-refractivity contribution in [2.45, 2.75) is 0 Å². The Balaban J connectivity index is 2.80. The van der Waals surface area contributed by atoms with Gasteiger partial charge in [0.15, 0.2) is 5.69 Å². The first kappa shape index (κ1) is 9.93. The van der Waals surface area contributed by atoms with Crippen LogP contribution < -0.4 is 0 Å². The van der Waals surface area contributed by atoms with Gasteiger partial charge >= 0.3 is 5.97 Å². The molecule has 0 aliphatic carbocycles. The quantitative estimate of drug-likeness (QED) is 0.695. The van der Waals surface area contributed by atoms with Gasteiger partial charge in [-0.15, -0.1) is 0 Å². The summed E-state index contributed by atoms with van der Waals surface area (Å²) in [7, 11) is 1.32. The molecule has 76 valence electrons. The molecule has 0 atom stereocenters. The number of carbonyl (C=O) groups is 1. The van der Waals surface area contributed by atoms with Crippen LogP contribution in [0, 0.1) is 0 Å². The second-order valence-electron chi connectivity index (χ2n) is 2.99. The lowest BCUT2D eigenvalue weighted by molar-refractivity contribution is 0.0596. The smallest absolute Gasteiger partial charge is 0.357 e. The van der Waals surface area contributed by atoms with Crippen molar-refractivity contribution in [2.24, 2.45) is 0 Å². The zero-order valence-electron chi connectivity index (χ0n) is 8.03. The average Bonchev–Trinajstić information content (AvgIpc) is 2.28. The standard InChI is InChI=1S/C11H8ClNO2/c1-15-11(14)10-9-7(5-6-13-10)3-2-4-8(9)12/h2-6H,1H3. The second-order valence-corrected chi connectivity index (χ2v) is 3.40. The fourth-order valence-corrected chi connectivity index (χ4v) is 1.71. The van der Waals surface area contributed by atoms with E-state index in [-0.39, 0.29) is 5.69 Å². The van der Waals surface area contributed by atoms with Crippen molar-refractivity contribution in [3.63, 3.8) is 0 Å². The summed E-state index contributed by atoms with van der Waals surface area (Å²) < 4.78 is 4.64. The molecule has 1 heterocycles. The van der Waals surface area contributed by atoms with E-state index < -0.39 is 5.97 Å². The normalized spacial score (nSPS) is 10.3. The molecule has 0 unspecified atom stereocenters. The van der Waals surface area contributed by atoms with Crippen LogP contribution >= 0.6 is 11.6 Å². The molecule has 0 radical (unpaired) electrons. The van der Waals surface area contributed by atoms with Gasteiger partial charge in [-0.05, 0) is 17.5 Å². The second kappa shape index (κ2) is 3.87. The number of fused-ring (bicyclic) bond motifs is 1. The molecular formula is C11H8ClNO2. The molecule has 0 saturated carbocycles. The molecule has 0 saturated heterocycles. The topological polar surface area (TPSA) is 39.2 Å². The number of hydrogen-bond acceptors (Lipinski definition) is 3. The molecule has 0 spiro atoms. The molecule has 3 nitrogen and oxygen atoms in total. The largest absolute Gasteiger partial charge is 0.464 e. The van der Waals surface area contributed by atoms with Gasteiger partial charge in [-0.3, -0.25) is 0 Å². The Morgan fingerprint density at radius 1 is 1.40 bits per heavy atom. The van der Waals surface area contributed by atoms with Crippen molar-refractivity contribution in [1.29, 1.82) is 0 Å². The fourth-order valence-electron chi connectivity index (χ4n) is 1.44. The Morgan fingerprint density at radius 3 is 2.93 bits per heavy atom. The van der Waals surface area contributed by atoms with E-state index in [1.54, 1.807) is 18.3 Å². The number of methoxy groups -OCH3 is 1. The number of nitrogens with zero attached hydrogens (tertiary/aromatic N) is 1. The Labute approximate surface area is 91.6 Å². The molecule has 0 bridgehead atoms. The van der Waals surface area contributed by atoms with Crippen molar-refractivity contribution in [3.8, 4) is 0 Å². The van der Waals surface area contributed by atoms with Gasteiger partial charge in [0, 0.05) is 11.6 Å². The van der Waals surface area contributed by atoms with E-state index in [4.69, 9.17) is 11.6 Å². The first-order valence-corrected chi connectivity index (χ1v) is 4.73. The van der Waals surface area contributed by atoms with Gasteiger partial charge in [0.05, 0.1) is 12.1 Å². The Morgan fingerprint density at radius 2 is 2.20 bits per heavy atom. The Bertz CT molecular complexity index is 520. The summed E-state index contributed by atoms with van der Waals surface area (Å²) in [5.41, 5.74) is 0.251. The fraction of sp³-hybridized carbons (Fsp3) is 0.0909. The van der Waals surface area contributed by atoms with Gasteiger partial charge in [0.25, 0.3) is 0 Å². The molecule has 2 rings (SSSR count). The number of carbonyl (C=O) groups excluding carboxylic acids is 1. The summed E-state index contributed by atoms with van der Waals surface area (Å²) >= 11 is 6.02. The maximum atomic E-state index is 11.4. The van der Waals surface area contributed by atoms with Crippen LogP contribution in [-0.4, -0.2) is 18.1 Å². The number of aromatic nitrogens is 1. The molecule has 0 aliphatic rings. The Hall–Kier alpha value is -1.61. The maximum Gasteiger partial charge on any atom is 0.357 e. The number of rotatable bonds is 1. The lowest BCUT2D eigenvalue weighted by Crippen LogP contribution is -2.04. The number of benzene rings is 1. The van der Waals surface area contributed by atoms with Crippen LogP contribution in [0.25, 0.3) is 10.8 Å². The first-order chi connectivity index (χ1) is 7.24. The predicted molar refractivity (Wildman–Crippen MR) is 58.1 cm³/mol. The maximum absolute atomic E-state index is 11.4. The minimum absolute atomic E-state index is 0.251. The van der Waals surface area contributed by atoms with Crippen molar-refractivity contribution in [3.05, 3.63) is 41.2 Å². The highest BCUT2D eigenvalue weighted by atomic mass is 35.5. The van der Waals surface area contributed by atoms with Crippen LogP contribution in [0.2, 0.25) is 5.02 Å². The highest BCUT2D eigenvalue weighted by molar-refractivity contribution is 6.36. The van der Waals surface area contributed by atoms with Gasteiger partial charge in [-0.2, -0.15) is 0 Å².